The van der Waals surface area contributed by atoms with Crippen molar-refractivity contribution in [3.63, 3.8) is 0 Å². The predicted octanol–water partition coefficient (Wildman–Crippen LogP) is 1.46. The number of primary amides is 1. The second kappa shape index (κ2) is 2.86. The molecule has 0 aliphatic carbocycles. The Kier molecular flexibility index (Phi) is 2.64. The summed E-state index contributed by atoms with van der Waals surface area (Å²) in [5.41, 5.74) is 5.71. The molecule has 0 atom stereocenters. The van der Waals surface area contributed by atoms with Crippen molar-refractivity contribution in [3.05, 3.63) is 11.6 Å². The van der Waals surface area contributed by atoms with Crippen molar-refractivity contribution < 1.29 is 4.79 Å². The molecule has 2 nitrogen and oxygen atoms in total. The number of hydrogen-bond acceptors (Lipinski definition) is 1. The van der Waals surface area contributed by atoms with Crippen molar-refractivity contribution in [1.29, 1.82) is 0 Å². The molecule has 0 fully saturated rings. The molecule has 0 radical (unpaired) electrons. The maximum absolute atomic E-state index is 10.5. The fourth-order valence-electron chi connectivity index (χ4n) is 0.721. The van der Waals surface area contributed by atoms with Gasteiger partial charge in [-0.1, -0.05) is 26.8 Å². The first-order valence-corrected chi connectivity index (χ1v) is 3.32. The summed E-state index contributed by atoms with van der Waals surface area (Å²) in [7, 11) is 0. The predicted molar refractivity (Wildman–Crippen MR) is 42.4 cm³/mol. The van der Waals surface area contributed by atoms with E-state index < -0.39 is 0 Å². The highest BCUT2D eigenvalue weighted by Gasteiger charge is 2.07. The Morgan fingerprint density at radius 2 is 1.80 bits per heavy atom. The lowest BCUT2D eigenvalue weighted by atomic mass is 9.94. The zero-order chi connectivity index (χ0) is 8.36. The second-order valence-electron chi connectivity index (χ2n) is 3.56. The first-order valence-electron chi connectivity index (χ1n) is 3.32. The van der Waals surface area contributed by atoms with E-state index in [1.807, 2.05) is 26.8 Å². The second-order valence-corrected chi connectivity index (χ2v) is 3.56. The minimum Gasteiger partial charge on any atom is -0.366 e. The van der Waals surface area contributed by atoms with Gasteiger partial charge in [0.2, 0.25) is 5.91 Å². The first-order chi connectivity index (χ1) is 4.33. The Labute approximate surface area is 62.1 Å². The van der Waals surface area contributed by atoms with Crippen LogP contribution in [0.2, 0.25) is 0 Å². The highest BCUT2D eigenvalue weighted by Crippen LogP contribution is 2.16. The fourth-order valence-corrected chi connectivity index (χ4v) is 0.721. The van der Waals surface area contributed by atoms with Gasteiger partial charge in [0.05, 0.1) is 0 Å². The van der Waals surface area contributed by atoms with Crippen molar-refractivity contribution in [3.8, 4) is 0 Å². The van der Waals surface area contributed by atoms with Crippen molar-refractivity contribution in [2.75, 3.05) is 0 Å². The maximum Gasteiger partial charge on any atom is 0.244 e. The van der Waals surface area contributed by atoms with Gasteiger partial charge in [0.1, 0.15) is 0 Å². The number of amides is 1. The van der Waals surface area contributed by atoms with Crippen molar-refractivity contribution in [2.45, 2.75) is 27.7 Å². The van der Waals surface area contributed by atoms with Crippen LogP contribution in [0, 0.1) is 5.41 Å². The molecule has 0 aromatic heterocycles. The van der Waals surface area contributed by atoms with Gasteiger partial charge in [-0.05, 0) is 12.3 Å². The first kappa shape index (κ1) is 9.21. The highest BCUT2D eigenvalue weighted by molar-refractivity contribution is 5.91. The van der Waals surface area contributed by atoms with Crippen molar-refractivity contribution >= 4 is 5.91 Å². The molecule has 0 aromatic rings. The van der Waals surface area contributed by atoms with Crippen LogP contribution < -0.4 is 5.73 Å². The molecule has 0 heterocycles. The summed E-state index contributed by atoms with van der Waals surface area (Å²) < 4.78 is 0. The Morgan fingerprint density at radius 3 is 1.90 bits per heavy atom. The molecule has 0 aliphatic rings. The summed E-state index contributed by atoms with van der Waals surface area (Å²) in [4.78, 5) is 10.5. The van der Waals surface area contributed by atoms with E-state index in [0.29, 0.717) is 5.57 Å². The Morgan fingerprint density at radius 1 is 1.40 bits per heavy atom. The average Bonchev–Trinajstić information content (AvgIpc) is 1.60. The standard InChI is InChI=1S/C8H15NO/c1-6(7(9)10)5-8(2,3)4/h5H,1-4H3,(H2,9,10). The SMILES string of the molecule is CC(=CC(C)(C)C)C(N)=O. The van der Waals surface area contributed by atoms with E-state index in [-0.39, 0.29) is 11.3 Å². The van der Waals surface area contributed by atoms with E-state index in [2.05, 4.69) is 0 Å². The zero-order valence-electron chi connectivity index (χ0n) is 7.06. The molecule has 2 N–H and O–H groups in total. The van der Waals surface area contributed by atoms with Gasteiger partial charge in [-0.3, -0.25) is 4.79 Å². The molecular weight excluding hydrogens is 126 g/mol. The van der Waals surface area contributed by atoms with Gasteiger partial charge in [-0.15, -0.1) is 0 Å². The molecule has 1 amide bonds. The van der Waals surface area contributed by atoms with Crippen LogP contribution in [0.15, 0.2) is 11.6 Å². The maximum atomic E-state index is 10.5. The molecule has 0 rings (SSSR count). The van der Waals surface area contributed by atoms with Crippen LogP contribution in [0.3, 0.4) is 0 Å². The van der Waals surface area contributed by atoms with E-state index in [1.165, 1.54) is 0 Å². The van der Waals surface area contributed by atoms with Gasteiger partial charge in [0.25, 0.3) is 0 Å². The average molecular weight is 141 g/mol. The number of carbonyl (C=O) groups excluding carboxylic acids is 1. The van der Waals surface area contributed by atoms with E-state index in [1.54, 1.807) is 6.92 Å². The summed E-state index contributed by atoms with van der Waals surface area (Å²) in [6.45, 7) is 7.81. The number of carbonyl (C=O) groups is 1. The van der Waals surface area contributed by atoms with Crippen LogP contribution in [0.5, 0.6) is 0 Å². The third-order valence-corrected chi connectivity index (χ3v) is 1.04. The van der Waals surface area contributed by atoms with Crippen LogP contribution in [-0.2, 0) is 4.79 Å². The van der Waals surface area contributed by atoms with Gasteiger partial charge < -0.3 is 5.73 Å². The zero-order valence-corrected chi connectivity index (χ0v) is 7.06. The van der Waals surface area contributed by atoms with Gasteiger partial charge >= 0.3 is 0 Å². The minimum absolute atomic E-state index is 0.0408. The molecule has 0 bridgehead atoms. The van der Waals surface area contributed by atoms with E-state index in [9.17, 15) is 4.79 Å². The number of rotatable bonds is 1. The lowest BCUT2D eigenvalue weighted by Crippen LogP contribution is -2.14. The highest BCUT2D eigenvalue weighted by atomic mass is 16.1. The number of hydrogen-bond donors (Lipinski definition) is 1. The third kappa shape index (κ3) is 4.13. The molecule has 58 valence electrons. The van der Waals surface area contributed by atoms with E-state index >= 15 is 0 Å². The normalized spacial score (nSPS) is 13.4. The van der Waals surface area contributed by atoms with Gasteiger partial charge in [0, 0.05) is 5.57 Å². The summed E-state index contributed by atoms with van der Waals surface area (Å²) in [6.07, 6.45) is 1.87. The van der Waals surface area contributed by atoms with Crippen LogP contribution in [0.25, 0.3) is 0 Å². The monoisotopic (exact) mass is 141 g/mol. The number of nitrogens with two attached hydrogens (primary N) is 1. The van der Waals surface area contributed by atoms with Gasteiger partial charge in [-0.2, -0.15) is 0 Å². The largest absolute Gasteiger partial charge is 0.366 e. The van der Waals surface area contributed by atoms with Crippen LogP contribution in [0.1, 0.15) is 27.7 Å². The van der Waals surface area contributed by atoms with Gasteiger partial charge in [0.15, 0.2) is 0 Å². The summed E-state index contributed by atoms with van der Waals surface area (Å²) in [5.74, 6) is -0.338. The Bertz CT molecular complexity index is 163. The quantitative estimate of drug-likeness (QED) is 0.552. The molecule has 0 saturated carbocycles. The lowest BCUT2D eigenvalue weighted by molar-refractivity contribution is -0.114. The summed E-state index contributed by atoms with van der Waals surface area (Å²) in [6, 6.07) is 0. The lowest BCUT2D eigenvalue weighted by Gasteiger charge is -2.12. The smallest absolute Gasteiger partial charge is 0.244 e. The van der Waals surface area contributed by atoms with Crippen LogP contribution >= 0.6 is 0 Å². The molecular formula is C8H15NO. The number of allylic oxidation sites excluding steroid dienone is 1. The topological polar surface area (TPSA) is 43.1 Å². The Balaban J connectivity index is 4.32. The molecule has 0 aliphatic heterocycles. The molecule has 10 heavy (non-hydrogen) atoms. The molecule has 0 spiro atoms. The van der Waals surface area contributed by atoms with E-state index in [0.717, 1.165) is 0 Å². The van der Waals surface area contributed by atoms with Crippen LogP contribution in [0.4, 0.5) is 0 Å². The van der Waals surface area contributed by atoms with E-state index in [4.69, 9.17) is 5.73 Å². The molecule has 2 heteroatoms. The van der Waals surface area contributed by atoms with Crippen molar-refractivity contribution in [2.24, 2.45) is 11.1 Å². The summed E-state index contributed by atoms with van der Waals surface area (Å²) in [5, 5.41) is 0. The molecule has 0 aromatic carbocycles. The van der Waals surface area contributed by atoms with Crippen molar-refractivity contribution in [1.82, 2.24) is 0 Å². The Hall–Kier alpha value is -0.790. The van der Waals surface area contributed by atoms with Crippen LogP contribution in [-0.4, -0.2) is 5.91 Å². The summed E-state index contributed by atoms with van der Waals surface area (Å²) >= 11 is 0. The fraction of sp³-hybridized carbons (Fsp3) is 0.625. The third-order valence-electron chi connectivity index (χ3n) is 1.04. The molecule has 0 unspecified atom stereocenters. The minimum atomic E-state index is -0.338. The van der Waals surface area contributed by atoms with Gasteiger partial charge in [-0.25, -0.2) is 0 Å². The molecule has 0 saturated heterocycles.